The number of aryl methyl sites for hydroxylation is 2. The van der Waals surface area contributed by atoms with Crippen molar-refractivity contribution in [2.45, 2.75) is 98.3 Å². The predicted molar refractivity (Wildman–Crippen MR) is 229 cm³/mol. The van der Waals surface area contributed by atoms with Crippen LogP contribution in [0.15, 0.2) is 103 Å². The lowest BCUT2D eigenvalue weighted by Crippen LogP contribution is -2.61. The first-order valence-corrected chi connectivity index (χ1v) is 19.9. The van der Waals surface area contributed by atoms with Gasteiger partial charge >= 0.3 is 0 Å². The Morgan fingerprint density at radius 3 is 1.89 bits per heavy atom. The fourth-order valence-corrected chi connectivity index (χ4v) is 10.2. The smallest absolute Gasteiger partial charge is 0.252 e. The van der Waals surface area contributed by atoms with E-state index in [1.165, 1.54) is 101 Å². The van der Waals surface area contributed by atoms with Crippen molar-refractivity contribution in [3.05, 3.63) is 137 Å². The molecule has 0 atom stereocenters. The molecule has 4 aliphatic rings. The van der Waals surface area contributed by atoms with Gasteiger partial charge < -0.3 is 9.80 Å². The van der Waals surface area contributed by atoms with Crippen molar-refractivity contribution in [1.29, 1.82) is 0 Å². The molecule has 6 aromatic carbocycles. The highest BCUT2D eigenvalue weighted by Gasteiger charge is 2.46. The Kier molecular flexibility index (Phi) is 6.91. The van der Waals surface area contributed by atoms with Crippen molar-refractivity contribution in [3.8, 4) is 0 Å². The molecule has 0 bridgehead atoms. The van der Waals surface area contributed by atoms with Gasteiger partial charge in [0.25, 0.3) is 6.71 Å². The highest BCUT2D eigenvalue weighted by atomic mass is 15.2. The van der Waals surface area contributed by atoms with Gasteiger partial charge in [0.1, 0.15) is 0 Å². The molecular formula is C50H51BN2. The zero-order valence-electron chi connectivity index (χ0n) is 32.8. The number of rotatable bonds is 2. The summed E-state index contributed by atoms with van der Waals surface area (Å²) in [6.07, 6.45) is 5.77. The molecule has 0 spiro atoms. The van der Waals surface area contributed by atoms with Crippen molar-refractivity contribution in [3.63, 3.8) is 0 Å². The summed E-state index contributed by atoms with van der Waals surface area (Å²) in [5.74, 6) is 0. The van der Waals surface area contributed by atoms with Crippen molar-refractivity contribution in [2.75, 3.05) is 9.80 Å². The molecule has 0 saturated heterocycles. The first kappa shape index (κ1) is 32.9. The van der Waals surface area contributed by atoms with E-state index >= 15 is 0 Å². The lowest BCUT2D eigenvalue weighted by atomic mass is 9.33. The summed E-state index contributed by atoms with van der Waals surface area (Å²) in [4.78, 5) is 5.28. The maximum absolute atomic E-state index is 2.68. The van der Waals surface area contributed by atoms with E-state index in [2.05, 4.69) is 168 Å². The highest BCUT2D eigenvalue weighted by Crippen LogP contribution is 2.50. The van der Waals surface area contributed by atoms with Crippen LogP contribution in [0.25, 0.3) is 10.8 Å². The summed E-state index contributed by atoms with van der Waals surface area (Å²) >= 11 is 0. The van der Waals surface area contributed by atoms with Crippen LogP contribution < -0.4 is 26.2 Å². The highest BCUT2D eigenvalue weighted by molar-refractivity contribution is 7.00. The van der Waals surface area contributed by atoms with E-state index < -0.39 is 0 Å². The third kappa shape index (κ3) is 4.99. The van der Waals surface area contributed by atoms with Crippen LogP contribution in [0.2, 0.25) is 0 Å². The van der Waals surface area contributed by atoms with Crippen LogP contribution in [-0.4, -0.2) is 6.71 Å². The standard InChI is InChI=1S/C50H51BN2/c1-48(2,3)35-21-22-39-43(26-35)53(41-23-20-32-15-12-14-31-16-13-19-38(41)46(31)32)45-28-36(49(4,5)6)27-44-47(45)51(39)40-24-33-29-50(7,8)30-34(33)25-42(40)52(44)37-17-10-9-11-18-37/h9-11,13,16-28H,12,14-15,29-30H2,1-8H3. The SMILES string of the molecule is CC1(C)Cc2cc3c(cc2C1)N(c1ccccc1)c1cc(C(C)(C)C)cc2c1B3c1ccc(C(C)(C)C)cc1N2c1ccc2c3c(cccc13)CCC2. The Hall–Kier alpha value is -4.76. The lowest BCUT2D eigenvalue weighted by molar-refractivity contribution is 0.392. The molecular weight excluding hydrogens is 639 g/mol. The molecule has 0 fully saturated rings. The molecule has 0 aromatic heterocycles. The lowest BCUT2D eigenvalue weighted by Gasteiger charge is -2.46. The summed E-state index contributed by atoms with van der Waals surface area (Å²) < 4.78 is 0. The molecule has 53 heavy (non-hydrogen) atoms. The Balaban J connectivity index is 1.35. The number of para-hydroxylation sites is 1. The number of hydrogen-bond donors (Lipinski definition) is 0. The van der Waals surface area contributed by atoms with Gasteiger partial charge in [0.15, 0.2) is 0 Å². The molecule has 2 aliphatic carbocycles. The maximum atomic E-state index is 2.68. The Morgan fingerprint density at radius 1 is 0.528 bits per heavy atom. The van der Waals surface area contributed by atoms with Crippen molar-refractivity contribution < 1.29 is 0 Å². The van der Waals surface area contributed by atoms with E-state index in [0.717, 1.165) is 25.7 Å². The number of nitrogens with zero attached hydrogens (tertiary/aromatic N) is 2. The first-order valence-electron chi connectivity index (χ1n) is 19.9. The third-order valence-electron chi connectivity index (χ3n) is 12.8. The second-order valence-electron chi connectivity index (χ2n) is 19.3. The topological polar surface area (TPSA) is 6.48 Å². The van der Waals surface area contributed by atoms with Gasteiger partial charge in [0, 0.05) is 33.8 Å². The summed E-state index contributed by atoms with van der Waals surface area (Å²) in [6.45, 7) is 19.2. The van der Waals surface area contributed by atoms with E-state index in [9.17, 15) is 0 Å². The van der Waals surface area contributed by atoms with Gasteiger partial charge in [-0.25, -0.2) is 0 Å². The number of hydrogen-bond acceptors (Lipinski definition) is 2. The minimum atomic E-state index is -0.0508. The summed E-state index contributed by atoms with van der Waals surface area (Å²) in [5, 5.41) is 2.85. The summed E-state index contributed by atoms with van der Waals surface area (Å²) in [5.41, 5.74) is 21.0. The van der Waals surface area contributed by atoms with Gasteiger partial charge in [-0.15, -0.1) is 0 Å². The molecule has 3 heteroatoms. The predicted octanol–water partition coefficient (Wildman–Crippen LogP) is 11.1. The molecule has 6 aromatic rings. The van der Waals surface area contributed by atoms with E-state index in [0.29, 0.717) is 0 Å². The summed E-state index contributed by atoms with van der Waals surface area (Å²) in [6, 6.07) is 40.8. The molecule has 264 valence electrons. The molecule has 0 N–H and O–H groups in total. The Morgan fingerprint density at radius 2 is 1.17 bits per heavy atom. The van der Waals surface area contributed by atoms with E-state index in [1.54, 1.807) is 0 Å². The molecule has 0 saturated carbocycles. The normalized spacial score (nSPS) is 16.7. The van der Waals surface area contributed by atoms with Crippen molar-refractivity contribution in [1.82, 2.24) is 0 Å². The zero-order valence-corrected chi connectivity index (χ0v) is 32.8. The largest absolute Gasteiger partial charge is 0.311 e. The van der Waals surface area contributed by atoms with Crippen LogP contribution in [0.1, 0.15) is 95.2 Å². The average molecular weight is 691 g/mol. The summed E-state index contributed by atoms with van der Waals surface area (Å²) in [7, 11) is 0. The number of anilines is 6. The molecule has 0 radical (unpaired) electrons. The van der Waals surface area contributed by atoms with Gasteiger partial charge in [0.05, 0.1) is 5.69 Å². The van der Waals surface area contributed by atoms with Crippen molar-refractivity contribution >= 4 is 68.0 Å². The number of fused-ring (bicyclic) bond motifs is 5. The van der Waals surface area contributed by atoms with Gasteiger partial charge in [-0.2, -0.15) is 0 Å². The van der Waals surface area contributed by atoms with Crippen LogP contribution in [0.5, 0.6) is 0 Å². The van der Waals surface area contributed by atoms with Gasteiger partial charge in [0.2, 0.25) is 0 Å². The average Bonchev–Trinajstić information content (AvgIpc) is 3.43. The van der Waals surface area contributed by atoms with Gasteiger partial charge in [-0.1, -0.05) is 116 Å². The van der Waals surface area contributed by atoms with Gasteiger partial charge in [-0.05, 0) is 146 Å². The van der Waals surface area contributed by atoms with Gasteiger partial charge in [-0.3, -0.25) is 0 Å². The maximum Gasteiger partial charge on any atom is 0.252 e. The molecule has 2 heterocycles. The Labute approximate surface area is 316 Å². The van der Waals surface area contributed by atoms with E-state index in [-0.39, 0.29) is 23.0 Å². The Bertz CT molecular complexity index is 2480. The second-order valence-corrected chi connectivity index (χ2v) is 19.3. The van der Waals surface area contributed by atoms with Crippen LogP contribution in [0, 0.1) is 5.41 Å². The second kappa shape index (κ2) is 11.1. The molecule has 0 unspecified atom stereocenters. The van der Waals surface area contributed by atoms with Crippen LogP contribution >= 0.6 is 0 Å². The minimum Gasteiger partial charge on any atom is -0.311 e. The van der Waals surface area contributed by atoms with E-state index in [4.69, 9.17) is 0 Å². The fraction of sp³-hybridized carbons (Fsp3) is 0.320. The zero-order chi connectivity index (χ0) is 36.6. The fourth-order valence-electron chi connectivity index (χ4n) is 10.2. The monoisotopic (exact) mass is 690 g/mol. The molecule has 2 aliphatic heterocycles. The van der Waals surface area contributed by atoms with Crippen LogP contribution in [0.4, 0.5) is 34.1 Å². The number of benzene rings is 6. The minimum absolute atomic E-state index is 0.0142. The first-order chi connectivity index (χ1) is 25.3. The molecule has 2 nitrogen and oxygen atoms in total. The molecule has 10 rings (SSSR count). The van der Waals surface area contributed by atoms with E-state index in [1.807, 2.05) is 0 Å². The van der Waals surface area contributed by atoms with Crippen LogP contribution in [0.3, 0.4) is 0 Å². The quantitative estimate of drug-likeness (QED) is 0.167. The third-order valence-corrected chi connectivity index (χ3v) is 12.8. The molecule has 0 amide bonds. The van der Waals surface area contributed by atoms with Crippen molar-refractivity contribution in [2.24, 2.45) is 5.41 Å². The van der Waals surface area contributed by atoms with Crippen LogP contribution in [-0.2, 0) is 36.5 Å².